The van der Waals surface area contributed by atoms with Crippen molar-refractivity contribution in [3.8, 4) is 0 Å². The first kappa shape index (κ1) is 15.9. The Morgan fingerprint density at radius 2 is 1.28 bits per heavy atom. The molecular weight excluding hydrogens is 327 g/mol. The molecule has 2 nitrogen and oxygen atoms in total. The van der Waals surface area contributed by atoms with E-state index in [-0.39, 0.29) is 0 Å². The molecule has 0 radical (unpaired) electrons. The predicted octanol–water partition coefficient (Wildman–Crippen LogP) is 4.92. The van der Waals surface area contributed by atoms with E-state index in [1.165, 1.54) is 0 Å². The van der Waals surface area contributed by atoms with Crippen LogP contribution in [-0.2, 0) is 15.9 Å². The molecular formula is C22H19O2P. The fourth-order valence-electron chi connectivity index (χ4n) is 3.40. The Balaban J connectivity index is 2.05. The molecule has 0 amide bonds. The summed E-state index contributed by atoms with van der Waals surface area (Å²) in [7, 11) is -3.03. The third-order valence-electron chi connectivity index (χ3n) is 4.60. The Hall–Kier alpha value is -2.57. The second-order valence-corrected chi connectivity index (χ2v) is 8.83. The summed E-state index contributed by atoms with van der Waals surface area (Å²) < 4.78 is 20.5. The molecule has 0 fully saturated rings. The molecule has 0 saturated carbocycles. The van der Waals surface area contributed by atoms with Gasteiger partial charge in [-0.05, 0) is 18.1 Å². The summed E-state index contributed by atoms with van der Waals surface area (Å²) >= 11 is 0. The highest BCUT2D eigenvalue weighted by atomic mass is 31.2. The van der Waals surface area contributed by atoms with Crippen LogP contribution < -0.4 is 10.6 Å². The van der Waals surface area contributed by atoms with Crippen molar-refractivity contribution in [1.82, 2.24) is 0 Å². The molecule has 0 N–H and O–H groups in total. The molecule has 0 unspecified atom stereocenters. The van der Waals surface area contributed by atoms with E-state index in [4.69, 9.17) is 4.74 Å². The van der Waals surface area contributed by atoms with Crippen LogP contribution in [0.25, 0.3) is 5.31 Å². The summed E-state index contributed by atoms with van der Waals surface area (Å²) in [6.07, 6.45) is 0. The maximum atomic E-state index is 14.6. The number of rotatable bonds is 3. The van der Waals surface area contributed by atoms with Gasteiger partial charge < -0.3 is 9.30 Å². The standard InChI is InChI=1S/C22H19O2P/c1-17-22(21-15-9-8-10-18(21)16-24-17)25(23,19-11-4-2-5-12-19)20-13-6-3-7-14-20/h2-15H,16H2,1H3. The Labute approximate surface area is 148 Å². The van der Waals surface area contributed by atoms with Crippen LogP contribution in [0.1, 0.15) is 18.1 Å². The maximum absolute atomic E-state index is 14.6. The lowest BCUT2D eigenvalue weighted by molar-refractivity contribution is 0.198. The van der Waals surface area contributed by atoms with E-state index in [0.29, 0.717) is 6.61 Å². The highest BCUT2D eigenvalue weighted by molar-refractivity contribution is 7.87. The van der Waals surface area contributed by atoms with Crippen LogP contribution in [0.2, 0.25) is 0 Å². The molecule has 1 aliphatic heterocycles. The fourth-order valence-corrected chi connectivity index (χ4v) is 6.46. The summed E-state index contributed by atoms with van der Waals surface area (Å²) in [5.41, 5.74) is 2.11. The monoisotopic (exact) mass is 346 g/mol. The van der Waals surface area contributed by atoms with Gasteiger partial charge in [-0.25, -0.2) is 0 Å². The second kappa shape index (κ2) is 6.38. The van der Waals surface area contributed by atoms with E-state index >= 15 is 0 Å². The van der Waals surface area contributed by atoms with Crippen molar-refractivity contribution < 1.29 is 9.30 Å². The second-order valence-electron chi connectivity index (χ2n) is 6.13. The van der Waals surface area contributed by atoms with Crippen molar-refractivity contribution in [2.45, 2.75) is 13.5 Å². The number of benzene rings is 3. The molecule has 3 aromatic carbocycles. The molecule has 3 heteroatoms. The molecule has 0 atom stereocenters. The van der Waals surface area contributed by atoms with E-state index in [2.05, 4.69) is 6.07 Å². The number of hydrogen-bond acceptors (Lipinski definition) is 2. The largest absolute Gasteiger partial charge is 0.493 e. The molecule has 3 aromatic rings. The van der Waals surface area contributed by atoms with Crippen molar-refractivity contribution in [1.29, 1.82) is 0 Å². The third kappa shape index (κ3) is 2.63. The van der Waals surface area contributed by atoms with Gasteiger partial charge in [-0.3, -0.25) is 0 Å². The van der Waals surface area contributed by atoms with E-state index in [1.54, 1.807) is 0 Å². The van der Waals surface area contributed by atoms with Gasteiger partial charge in [0.2, 0.25) is 0 Å². The van der Waals surface area contributed by atoms with E-state index < -0.39 is 7.14 Å². The molecule has 0 bridgehead atoms. The van der Waals surface area contributed by atoms with Gasteiger partial charge in [0.25, 0.3) is 0 Å². The average Bonchev–Trinajstić information content (AvgIpc) is 2.69. The summed E-state index contributed by atoms with van der Waals surface area (Å²) in [5, 5.41) is 2.47. The van der Waals surface area contributed by atoms with E-state index in [1.807, 2.05) is 85.8 Å². The van der Waals surface area contributed by atoms with Crippen molar-refractivity contribution in [3.63, 3.8) is 0 Å². The third-order valence-corrected chi connectivity index (χ3v) is 7.84. The first-order chi connectivity index (χ1) is 12.2. The first-order valence-electron chi connectivity index (χ1n) is 8.35. The van der Waals surface area contributed by atoms with Gasteiger partial charge in [0.1, 0.15) is 12.4 Å². The van der Waals surface area contributed by atoms with Crippen LogP contribution in [0, 0.1) is 0 Å². The van der Waals surface area contributed by atoms with Gasteiger partial charge in [-0.2, -0.15) is 0 Å². The summed E-state index contributed by atoms with van der Waals surface area (Å²) in [4.78, 5) is 0. The van der Waals surface area contributed by atoms with Gasteiger partial charge in [-0.15, -0.1) is 0 Å². The van der Waals surface area contributed by atoms with E-state index in [0.717, 1.165) is 32.8 Å². The normalized spacial score (nSPS) is 14.0. The fraction of sp³-hybridized carbons (Fsp3) is 0.0909. The van der Waals surface area contributed by atoms with Gasteiger partial charge in [0.15, 0.2) is 7.14 Å². The van der Waals surface area contributed by atoms with Crippen molar-refractivity contribution in [3.05, 3.63) is 102 Å². The highest BCUT2D eigenvalue weighted by Crippen LogP contribution is 2.59. The topological polar surface area (TPSA) is 26.3 Å². The molecule has 0 saturated heterocycles. The van der Waals surface area contributed by atoms with Crippen LogP contribution in [0.5, 0.6) is 0 Å². The van der Waals surface area contributed by atoms with Crippen LogP contribution in [0.3, 0.4) is 0 Å². The number of allylic oxidation sites excluding steroid dienone is 1. The van der Waals surface area contributed by atoms with Crippen LogP contribution >= 0.6 is 7.14 Å². The SMILES string of the molecule is CC1=C(P(=O)(c2ccccc2)c2ccccc2)c2ccccc2CO1. The van der Waals surface area contributed by atoms with Crippen molar-refractivity contribution in [2.24, 2.45) is 0 Å². The Morgan fingerprint density at radius 3 is 1.88 bits per heavy atom. The first-order valence-corrected chi connectivity index (χ1v) is 10.1. The summed E-state index contributed by atoms with van der Waals surface area (Å²) in [5.74, 6) is 0.745. The van der Waals surface area contributed by atoms with Crippen LogP contribution in [0.15, 0.2) is 90.7 Å². The Morgan fingerprint density at radius 1 is 0.760 bits per heavy atom. The minimum atomic E-state index is -3.03. The lowest BCUT2D eigenvalue weighted by Crippen LogP contribution is -2.20. The Kier molecular flexibility index (Phi) is 4.07. The minimum absolute atomic E-state index is 0.523. The van der Waals surface area contributed by atoms with Crippen molar-refractivity contribution in [2.75, 3.05) is 0 Å². The minimum Gasteiger partial charge on any atom is -0.493 e. The molecule has 1 heterocycles. The summed E-state index contributed by atoms with van der Waals surface area (Å²) in [6, 6.07) is 27.6. The molecule has 124 valence electrons. The Bertz CT molecular complexity index is 932. The number of ether oxygens (including phenoxy) is 1. The zero-order valence-electron chi connectivity index (χ0n) is 14.1. The van der Waals surface area contributed by atoms with Gasteiger partial charge in [-0.1, -0.05) is 84.9 Å². The molecule has 0 aromatic heterocycles. The number of hydrogen-bond donors (Lipinski definition) is 0. The zero-order chi connectivity index (χ0) is 17.3. The predicted molar refractivity (Wildman–Crippen MR) is 104 cm³/mol. The van der Waals surface area contributed by atoms with Crippen LogP contribution in [-0.4, -0.2) is 0 Å². The number of fused-ring (bicyclic) bond motifs is 1. The molecule has 1 aliphatic rings. The van der Waals surface area contributed by atoms with Crippen LogP contribution in [0.4, 0.5) is 0 Å². The summed E-state index contributed by atoms with van der Waals surface area (Å²) in [6.45, 7) is 2.44. The van der Waals surface area contributed by atoms with Crippen molar-refractivity contribution >= 4 is 23.1 Å². The highest BCUT2D eigenvalue weighted by Gasteiger charge is 2.37. The molecule has 0 spiro atoms. The lowest BCUT2D eigenvalue weighted by Gasteiger charge is -2.29. The van der Waals surface area contributed by atoms with Gasteiger partial charge in [0.05, 0.1) is 5.31 Å². The van der Waals surface area contributed by atoms with Gasteiger partial charge in [0, 0.05) is 10.6 Å². The molecule has 4 rings (SSSR count). The maximum Gasteiger partial charge on any atom is 0.174 e. The van der Waals surface area contributed by atoms with Gasteiger partial charge >= 0.3 is 0 Å². The average molecular weight is 346 g/mol. The quantitative estimate of drug-likeness (QED) is 0.629. The lowest BCUT2D eigenvalue weighted by atomic mass is 10.1. The zero-order valence-corrected chi connectivity index (χ0v) is 14.9. The van der Waals surface area contributed by atoms with E-state index in [9.17, 15) is 4.57 Å². The smallest absolute Gasteiger partial charge is 0.174 e. The molecule has 0 aliphatic carbocycles. The molecule has 25 heavy (non-hydrogen) atoms.